The second kappa shape index (κ2) is 7.90. The Morgan fingerprint density at radius 2 is 2.04 bits per heavy atom. The first-order chi connectivity index (χ1) is 11.5. The van der Waals surface area contributed by atoms with Gasteiger partial charge in [-0.2, -0.15) is 5.10 Å². The molecule has 128 valence electrons. The second-order valence-electron chi connectivity index (χ2n) is 5.95. The Balaban J connectivity index is 2.56. The van der Waals surface area contributed by atoms with Crippen LogP contribution in [0.4, 0.5) is 4.39 Å². The lowest BCUT2D eigenvalue weighted by molar-refractivity contribution is 0.0694. The molecule has 0 aliphatic rings. The predicted molar refractivity (Wildman–Crippen MR) is 92.3 cm³/mol. The minimum Gasteiger partial charge on any atom is -0.478 e. The summed E-state index contributed by atoms with van der Waals surface area (Å²) in [5.74, 6) is -1.53. The molecule has 4 nitrogen and oxygen atoms in total. The van der Waals surface area contributed by atoms with Crippen LogP contribution in [0.2, 0.25) is 0 Å². The van der Waals surface area contributed by atoms with E-state index in [-0.39, 0.29) is 17.2 Å². The van der Waals surface area contributed by atoms with Crippen molar-refractivity contribution < 1.29 is 14.3 Å². The molecule has 1 aromatic carbocycles. The van der Waals surface area contributed by atoms with Crippen molar-refractivity contribution >= 4 is 5.97 Å². The normalized spacial score (nSPS) is 11.5. The highest BCUT2D eigenvalue weighted by Gasteiger charge is 2.26. The van der Waals surface area contributed by atoms with E-state index in [0.29, 0.717) is 24.2 Å². The number of halogens is 1. The van der Waals surface area contributed by atoms with Gasteiger partial charge in [-0.3, -0.25) is 0 Å². The third kappa shape index (κ3) is 3.72. The first kappa shape index (κ1) is 17.9. The fourth-order valence-electron chi connectivity index (χ4n) is 2.73. The number of benzene rings is 1. The van der Waals surface area contributed by atoms with Gasteiger partial charge in [-0.15, -0.1) is 0 Å². The van der Waals surface area contributed by atoms with Crippen LogP contribution in [-0.4, -0.2) is 20.9 Å². The Morgan fingerprint density at radius 1 is 1.33 bits per heavy atom. The number of hydrogen-bond acceptors (Lipinski definition) is 2. The van der Waals surface area contributed by atoms with Crippen LogP contribution in [-0.2, 0) is 6.42 Å². The second-order valence-corrected chi connectivity index (χ2v) is 5.95. The molecule has 0 radical (unpaired) electrons. The van der Waals surface area contributed by atoms with E-state index in [4.69, 9.17) is 0 Å². The van der Waals surface area contributed by atoms with E-state index in [9.17, 15) is 14.3 Å². The van der Waals surface area contributed by atoms with Crippen molar-refractivity contribution in [2.24, 2.45) is 0 Å². The fourth-order valence-corrected chi connectivity index (χ4v) is 2.73. The summed E-state index contributed by atoms with van der Waals surface area (Å²) in [5, 5.41) is 14.1. The fraction of sp³-hybridized carbons (Fsp3) is 0.368. The molecule has 2 rings (SSSR count). The molecule has 0 saturated heterocycles. The number of allylic oxidation sites excluding steroid dienone is 2. The molecule has 0 spiro atoms. The third-order valence-corrected chi connectivity index (χ3v) is 3.79. The topological polar surface area (TPSA) is 55.1 Å². The summed E-state index contributed by atoms with van der Waals surface area (Å²) in [6.45, 7) is 5.83. The van der Waals surface area contributed by atoms with Crippen molar-refractivity contribution in [3.05, 3.63) is 59.2 Å². The summed E-state index contributed by atoms with van der Waals surface area (Å²) in [6.07, 6.45) is 6.21. The summed E-state index contributed by atoms with van der Waals surface area (Å²) in [6, 6.07) is 6.28. The van der Waals surface area contributed by atoms with Crippen molar-refractivity contribution in [3.63, 3.8) is 0 Å². The van der Waals surface area contributed by atoms with Gasteiger partial charge in [0.2, 0.25) is 0 Å². The van der Waals surface area contributed by atoms with Crippen molar-refractivity contribution in [2.45, 2.75) is 46.0 Å². The van der Waals surface area contributed by atoms with Crippen molar-refractivity contribution in [2.75, 3.05) is 0 Å². The number of aryl methyl sites for hydroxylation is 1. The van der Waals surface area contributed by atoms with Crippen LogP contribution in [0.5, 0.6) is 0 Å². The monoisotopic (exact) mass is 330 g/mol. The zero-order chi connectivity index (χ0) is 17.7. The maximum absolute atomic E-state index is 14.2. The zero-order valence-corrected chi connectivity index (χ0v) is 14.3. The molecule has 0 unspecified atom stereocenters. The van der Waals surface area contributed by atoms with Gasteiger partial charge in [0.15, 0.2) is 0 Å². The maximum atomic E-state index is 14.2. The van der Waals surface area contributed by atoms with Crippen molar-refractivity contribution in [1.82, 2.24) is 9.78 Å². The number of carboxylic acid groups (broad SMARTS) is 1. The van der Waals surface area contributed by atoms with E-state index >= 15 is 0 Å². The molecule has 2 aromatic rings. The molecule has 0 fully saturated rings. The van der Waals surface area contributed by atoms with Gasteiger partial charge in [-0.05, 0) is 37.3 Å². The molecule has 0 amide bonds. The van der Waals surface area contributed by atoms with Gasteiger partial charge in [0.1, 0.15) is 17.1 Å². The lowest BCUT2D eigenvalue weighted by atomic mass is 10.0. The van der Waals surface area contributed by atoms with E-state index < -0.39 is 11.8 Å². The highest BCUT2D eigenvalue weighted by molar-refractivity contribution is 5.90. The number of aromatic carboxylic acids is 1. The van der Waals surface area contributed by atoms with Crippen LogP contribution in [0.3, 0.4) is 0 Å². The number of carboxylic acids is 1. The van der Waals surface area contributed by atoms with Gasteiger partial charge >= 0.3 is 5.97 Å². The lowest BCUT2D eigenvalue weighted by Crippen LogP contribution is -2.09. The van der Waals surface area contributed by atoms with Crippen LogP contribution < -0.4 is 0 Å². The Bertz CT molecular complexity index is 748. The van der Waals surface area contributed by atoms with E-state index in [2.05, 4.69) is 5.10 Å². The Morgan fingerprint density at radius 3 is 2.62 bits per heavy atom. The van der Waals surface area contributed by atoms with Gasteiger partial charge in [0.25, 0.3) is 0 Å². The summed E-state index contributed by atoms with van der Waals surface area (Å²) in [4.78, 5) is 11.8. The Labute approximate surface area is 141 Å². The molecule has 0 saturated carbocycles. The summed E-state index contributed by atoms with van der Waals surface area (Å²) in [7, 11) is 0. The summed E-state index contributed by atoms with van der Waals surface area (Å²) >= 11 is 0. The molecule has 0 bridgehead atoms. The van der Waals surface area contributed by atoms with Crippen LogP contribution >= 0.6 is 0 Å². The SMILES string of the molecule is CCC=CCCc1nn(-c2ccccc2F)c(C(C)C)c1C(=O)O. The predicted octanol–water partition coefficient (Wildman–Crippen LogP) is 4.73. The van der Waals surface area contributed by atoms with Crippen LogP contribution in [0.15, 0.2) is 36.4 Å². The summed E-state index contributed by atoms with van der Waals surface area (Å²) in [5.41, 5.74) is 1.49. The van der Waals surface area contributed by atoms with Gasteiger partial charge in [-0.1, -0.05) is 45.1 Å². The van der Waals surface area contributed by atoms with Crippen LogP contribution in [0, 0.1) is 5.82 Å². The average Bonchev–Trinajstić information content (AvgIpc) is 2.91. The van der Waals surface area contributed by atoms with E-state index in [1.807, 2.05) is 32.9 Å². The van der Waals surface area contributed by atoms with Gasteiger partial charge in [-0.25, -0.2) is 13.9 Å². The minimum atomic E-state index is -1.02. The lowest BCUT2D eigenvalue weighted by Gasteiger charge is -2.11. The van der Waals surface area contributed by atoms with Gasteiger partial charge in [0.05, 0.1) is 11.4 Å². The molecule has 1 heterocycles. The molecule has 1 N–H and O–H groups in total. The highest BCUT2D eigenvalue weighted by Crippen LogP contribution is 2.28. The molecule has 0 aliphatic heterocycles. The van der Waals surface area contributed by atoms with Gasteiger partial charge in [0, 0.05) is 0 Å². The number of aromatic nitrogens is 2. The van der Waals surface area contributed by atoms with Crippen molar-refractivity contribution in [1.29, 1.82) is 0 Å². The summed E-state index contributed by atoms with van der Waals surface area (Å²) < 4.78 is 15.6. The van der Waals surface area contributed by atoms with E-state index in [1.165, 1.54) is 10.7 Å². The Hall–Kier alpha value is -2.43. The standard InChI is InChI=1S/C19H23FN2O2/c1-4-5-6-7-11-15-17(19(23)24)18(13(2)3)22(21-15)16-12-9-8-10-14(16)20/h5-6,8-10,12-13H,4,7,11H2,1-3H3,(H,23,24). The average molecular weight is 330 g/mol. The number of hydrogen-bond donors (Lipinski definition) is 1. The van der Waals surface area contributed by atoms with E-state index in [0.717, 1.165) is 6.42 Å². The quantitative estimate of drug-likeness (QED) is 0.747. The molecule has 0 aliphatic carbocycles. The third-order valence-electron chi connectivity index (χ3n) is 3.79. The molecule has 1 aromatic heterocycles. The minimum absolute atomic E-state index is 0.0943. The van der Waals surface area contributed by atoms with Crippen LogP contribution in [0.25, 0.3) is 5.69 Å². The van der Waals surface area contributed by atoms with Gasteiger partial charge < -0.3 is 5.11 Å². The molecule has 24 heavy (non-hydrogen) atoms. The number of rotatable bonds is 7. The maximum Gasteiger partial charge on any atom is 0.339 e. The Kier molecular flexibility index (Phi) is 5.90. The largest absolute Gasteiger partial charge is 0.478 e. The smallest absolute Gasteiger partial charge is 0.339 e. The van der Waals surface area contributed by atoms with Crippen molar-refractivity contribution in [3.8, 4) is 5.69 Å². The van der Waals surface area contributed by atoms with E-state index in [1.54, 1.807) is 18.2 Å². The number of para-hydroxylation sites is 1. The number of carbonyl (C=O) groups is 1. The molecular formula is C19H23FN2O2. The molecule has 5 heteroatoms. The first-order valence-corrected chi connectivity index (χ1v) is 8.22. The molecule has 0 atom stereocenters. The number of nitrogens with zero attached hydrogens (tertiary/aromatic N) is 2. The van der Waals surface area contributed by atoms with Crippen LogP contribution in [0.1, 0.15) is 61.3 Å². The highest BCUT2D eigenvalue weighted by atomic mass is 19.1. The zero-order valence-electron chi connectivity index (χ0n) is 14.3. The first-order valence-electron chi connectivity index (χ1n) is 8.22. The molecular weight excluding hydrogens is 307 g/mol.